The number of rotatable bonds is 2. The standard InChI is InChI=1S/C13H8BrCl3N2O/c14-8-2-4-10(12(17)11(8)16)19-13(20)7-5-6(18)1-3-9(7)15/h1-5H,18H2,(H,19,20). The smallest absolute Gasteiger partial charge is 0.257 e. The monoisotopic (exact) mass is 392 g/mol. The van der Waals surface area contributed by atoms with Gasteiger partial charge in [0.1, 0.15) is 0 Å². The fourth-order valence-electron chi connectivity index (χ4n) is 1.53. The van der Waals surface area contributed by atoms with Crippen molar-refractivity contribution in [1.29, 1.82) is 0 Å². The molecular formula is C13H8BrCl3N2O. The van der Waals surface area contributed by atoms with Crippen LogP contribution in [-0.4, -0.2) is 5.91 Å². The van der Waals surface area contributed by atoms with Gasteiger partial charge in [-0.3, -0.25) is 4.79 Å². The summed E-state index contributed by atoms with van der Waals surface area (Å²) in [5.74, 6) is -0.414. The Balaban J connectivity index is 2.33. The fraction of sp³-hybridized carbons (Fsp3) is 0. The molecule has 0 aliphatic heterocycles. The van der Waals surface area contributed by atoms with Crippen molar-refractivity contribution in [2.24, 2.45) is 0 Å². The Morgan fingerprint density at radius 3 is 2.50 bits per heavy atom. The molecular weight excluding hydrogens is 386 g/mol. The van der Waals surface area contributed by atoms with Crippen LogP contribution in [0.2, 0.25) is 15.1 Å². The summed E-state index contributed by atoms with van der Waals surface area (Å²) in [6.45, 7) is 0. The van der Waals surface area contributed by atoms with Crippen LogP contribution in [0.4, 0.5) is 11.4 Å². The Morgan fingerprint density at radius 1 is 1.10 bits per heavy atom. The Bertz CT molecular complexity index is 692. The SMILES string of the molecule is Nc1ccc(Cl)c(C(=O)Nc2ccc(Br)c(Cl)c2Cl)c1. The Morgan fingerprint density at radius 2 is 1.80 bits per heavy atom. The van der Waals surface area contributed by atoms with Crippen LogP contribution in [0.3, 0.4) is 0 Å². The summed E-state index contributed by atoms with van der Waals surface area (Å²) in [6, 6.07) is 7.98. The van der Waals surface area contributed by atoms with E-state index in [0.29, 0.717) is 25.9 Å². The maximum absolute atomic E-state index is 12.2. The molecule has 0 aliphatic rings. The third-order valence-electron chi connectivity index (χ3n) is 2.52. The average molecular weight is 394 g/mol. The van der Waals surface area contributed by atoms with E-state index in [9.17, 15) is 4.79 Å². The lowest BCUT2D eigenvalue weighted by Crippen LogP contribution is -2.13. The van der Waals surface area contributed by atoms with Gasteiger partial charge in [0.05, 0.1) is 26.3 Å². The van der Waals surface area contributed by atoms with Gasteiger partial charge in [0, 0.05) is 10.2 Å². The second-order valence-electron chi connectivity index (χ2n) is 3.92. The summed E-state index contributed by atoms with van der Waals surface area (Å²) in [4.78, 5) is 12.2. The quantitative estimate of drug-likeness (QED) is 0.540. The van der Waals surface area contributed by atoms with Crippen LogP contribution < -0.4 is 11.1 Å². The van der Waals surface area contributed by atoms with E-state index in [4.69, 9.17) is 40.5 Å². The topological polar surface area (TPSA) is 55.1 Å². The molecule has 3 N–H and O–H groups in total. The predicted octanol–water partition coefficient (Wildman–Crippen LogP) is 5.24. The first-order chi connectivity index (χ1) is 9.40. The molecule has 2 aromatic carbocycles. The second kappa shape index (κ2) is 6.22. The Hall–Kier alpha value is -0.940. The van der Waals surface area contributed by atoms with Gasteiger partial charge in [0.25, 0.3) is 5.91 Å². The van der Waals surface area contributed by atoms with Crippen LogP contribution in [0.1, 0.15) is 10.4 Å². The maximum Gasteiger partial charge on any atom is 0.257 e. The van der Waals surface area contributed by atoms with Crippen molar-refractivity contribution in [1.82, 2.24) is 0 Å². The van der Waals surface area contributed by atoms with Crippen molar-refractivity contribution in [3.63, 3.8) is 0 Å². The number of hydrogen-bond donors (Lipinski definition) is 2. The van der Waals surface area contributed by atoms with Gasteiger partial charge < -0.3 is 11.1 Å². The van der Waals surface area contributed by atoms with E-state index in [1.165, 1.54) is 6.07 Å². The van der Waals surface area contributed by atoms with Crippen LogP contribution >= 0.6 is 50.7 Å². The van der Waals surface area contributed by atoms with Crippen molar-refractivity contribution >= 4 is 68.0 Å². The lowest BCUT2D eigenvalue weighted by Gasteiger charge is -2.10. The van der Waals surface area contributed by atoms with Gasteiger partial charge >= 0.3 is 0 Å². The van der Waals surface area contributed by atoms with Gasteiger partial charge in [0.15, 0.2) is 0 Å². The van der Waals surface area contributed by atoms with Crippen molar-refractivity contribution in [2.75, 3.05) is 11.1 Å². The van der Waals surface area contributed by atoms with E-state index >= 15 is 0 Å². The number of anilines is 2. The Labute approximate surface area is 139 Å². The van der Waals surface area contributed by atoms with Crippen LogP contribution in [0.15, 0.2) is 34.8 Å². The summed E-state index contributed by atoms with van der Waals surface area (Å²) in [6.07, 6.45) is 0. The number of nitrogens with two attached hydrogens (primary N) is 1. The highest BCUT2D eigenvalue weighted by Crippen LogP contribution is 2.36. The number of halogens is 4. The number of hydrogen-bond acceptors (Lipinski definition) is 2. The van der Waals surface area contributed by atoms with E-state index in [0.717, 1.165) is 0 Å². The van der Waals surface area contributed by atoms with Crippen LogP contribution in [0.25, 0.3) is 0 Å². The van der Waals surface area contributed by atoms with Crippen molar-refractivity contribution in [3.05, 3.63) is 55.4 Å². The van der Waals surface area contributed by atoms with Gasteiger partial charge in [-0.2, -0.15) is 0 Å². The van der Waals surface area contributed by atoms with Crippen molar-refractivity contribution in [3.8, 4) is 0 Å². The third kappa shape index (κ3) is 3.20. The summed E-state index contributed by atoms with van der Waals surface area (Å²) < 4.78 is 0.643. The molecule has 104 valence electrons. The zero-order chi connectivity index (χ0) is 14.9. The molecule has 2 rings (SSSR count). The first-order valence-corrected chi connectivity index (χ1v) is 7.32. The van der Waals surface area contributed by atoms with Crippen molar-refractivity contribution in [2.45, 2.75) is 0 Å². The molecule has 0 saturated carbocycles. The minimum absolute atomic E-state index is 0.245. The fourth-order valence-corrected chi connectivity index (χ4v) is 2.55. The van der Waals surface area contributed by atoms with Gasteiger partial charge in [-0.25, -0.2) is 0 Å². The zero-order valence-electron chi connectivity index (χ0n) is 9.88. The molecule has 0 unspecified atom stereocenters. The summed E-state index contributed by atoms with van der Waals surface area (Å²) in [5, 5.41) is 3.52. The molecule has 0 fully saturated rings. The van der Waals surface area contributed by atoms with Gasteiger partial charge in [-0.05, 0) is 46.3 Å². The number of nitrogens with one attached hydrogen (secondary N) is 1. The van der Waals surface area contributed by atoms with E-state index < -0.39 is 5.91 Å². The predicted molar refractivity (Wildman–Crippen MR) is 88.0 cm³/mol. The van der Waals surface area contributed by atoms with E-state index in [1.54, 1.807) is 24.3 Å². The number of amides is 1. The first kappa shape index (κ1) is 15.4. The molecule has 0 aromatic heterocycles. The summed E-state index contributed by atoms with van der Waals surface area (Å²) >= 11 is 21.3. The number of carbonyl (C=O) groups excluding carboxylic acids is 1. The number of benzene rings is 2. The van der Waals surface area contributed by atoms with Crippen molar-refractivity contribution < 1.29 is 4.79 Å². The summed E-state index contributed by atoms with van der Waals surface area (Å²) in [5.41, 5.74) is 6.74. The van der Waals surface area contributed by atoms with Crippen LogP contribution in [0, 0.1) is 0 Å². The molecule has 20 heavy (non-hydrogen) atoms. The average Bonchev–Trinajstić information content (AvgIpc) is 2.42. The highest BCUT2D eigenvalue weighted by atomic mass is 79.9. The maximum atomic E-state index is 12.2. The molecule has 0 radical (unpaired) electrons. The lowest BCUT2D eigenvalue weighted by molar-refractivity contribution is 0.102. The highest BCUT2D eigenvalue weighted by molar-refractivity contribution is 9.10. The molecule has 0 heterocycles. The first-order valence-electron chi connectivity index (χ1n) is 5.40. The zero-order valence-corrected chi connectivity index (χ0v) is 13.7. The lowest BCUT2D eigenvalue weighted by atomic mass is 10.2. The molecule has 0 spiro atoms. The summed E-state index contributed by atoms with van der Waals surface area (Å²) in [7, 11) is 0. The molecule has 0 saturated heterocycles. The molecule has 1 amide bonds. The minimum atomic E-state index is -0.414. The van der Waals surface area contributed by atoms with E-state index in [2.05, 4.69) is 21.2 Å². The van der Waals surface area contributed by atoms with E-state index in [-0.39, 0.29) is 10.6 Å². The molecule has 0 aliphatic carbocycles. The normalized spacial score (nSPS) is 10.4. The molecule has 0 atom stereocenters. The Kier molecular flexibility index (Phi) is 4.81. The third-order valence-corrected chi connectivity index (χ3v) is 4.62. The molecule has 3 nitrogen and oxygen atoms in total. The van der Waals surface area contributed by atoms with E-state index in [1.807, 2.05) is 0 Å². The van der Waals surface area contributed by atoms with Gasteiger partial charge in [-0.15, -0.1) is 0 Å². The largest absolute Gasteiger partial charge is 0.399 e. The molecule has 2 aromatic rings. The number of nitrogen functional groups attached to an aromatic ring is 1. The van der Waals surface area contributed by atoms with Gasteiger partial charge in [-0.1, -0.05) is 34.8 Å². The van der Waals surface area contributed by atoms with Crippen LogP contribution in [-0.2, 0) is 0 Å². The second-order valence-corrected chi connectivity index (χ2v) is 5.93. The van der Waals surface area contributed by atoms with Crippen LogP contribution in [0.5, 0.6) is 0 Å². The highest BCUT2D eigenvalue weighted by Gasteiger charge is 2.14. The molecule has 7 heteroatoms. The van der Waals surface area contributed by atoms with Gasteiger partial charge in [0.2, 0.25) is 0 Å². The number of carbonyl (C=O) groups is 1. The molecule has 0 bridgehead atoms. The minimum Gasteiger partial charge on any atom is -0.399 e.